The Kier molecular flexibility index (Phi) is 4.07. The standard InChI is InChI=1S/C17H16F2O2/c1-9-5-6-14(11(3)16(9)12(4)20)21-15-8-13(18)7-10(2)17(15)19/h5-8H,1-4H3. The van der Waals surface area contributed by atoms with E-state index in [-0.39, 0.29) is 17.1 Å². The van der Waals surface area contributed by atoms with Crippen LogP contribution in [0.3, 0.4) is 0 Å². The number of ether oxygens (including phenoxy) is 1. The summed E-state index contributed by atoms with van der Waals surface area (Å²) in [6, 6.07) is 5.47. The van der Waals surface area contributed by atoms with E-state index < -0.39 is 11.6 Å². The van der Waals surface area contributed by atoms with E-state index in [1.54, 1.807) is 19.1 Å². The summed E-state index contributed by atoms with van der Waals surface area (Å²) in [5.74, 6) is -1.11. The lowest BCUT2D eigenvalue weighted by Crippen LogP contribution is -2.02. The summed E-state index contributed by atoms with van der Waals surface area (Å²) in [6.45, 7) is 6.48. The van der Waals surface area contributed by atoms with Gasteiger partial charge in [-0.2, -0.15) is 0 Å². The maximum absolute atomic E-state index is 14.0. The molecule has 0 unspecified atom stereocenters. The lowest BCUT2D eigenvalue weighted by Gasteiger charge is -2.14. The molecule has 0 bridgehead atoms. The highest BCUT2D eigenvalue weighted by atomic mass is 19.1. The van der Waals surface area contributed by atoms with Crippen LogP contribution in [0.2, 0.25) is 0 Å². The van der Waals surface area contributed by atoms with Gasteiger partial charge in [0.15, 0.2) is 17.3 Å². The molecule has 0 amide bonds. The van der Waals surface area contributed by atoms with Crippen molar-refractivity contribution >= 4 is 5.78 Å². The lowest BCUT2D eigenvalue weighted by molar-refractivity contribution is 0.101. The Morgan fingerprint density at radius 3 is 2.29 bits per heavy atom. The molecule has 110 valence electrons. The molecule has 0 saturated carbocycles. The third-order valence-corrected chi connectivity index (χ3v) is 3.38. The first-order valence-corrected chi connectivity index (χ1v) is 6.56. The van der Waals surface area contributed by atoms with E-state index in [2.05, 4.69) is 0 Å². The second-order valence-electron chi connectivity index (χ2n) is 5.07. The predicted octanol–water partition coefficient (Wildman–Crippen LogP) is 4.88. The van der Waals surface area contributed by atoms with Gasteiger partial charge in [-0.05, 0) is 51.0 Å². The number of hydrogen-bond donors (Lipinski definition) is 0. The van der Waals surface area contributed by atoms with Gasteiger partial charge in [-0.1, -0.05) is 6.07 Å². The van der Waals surface area contributed by atoms with Gasteiger partial charge in [0.1, 0.15) is 11.6 Å². The molecule has 2 aromatic rings. The van der Waals surface area contributed by atoms with Crippen LogP contribution in [0.15, 0.2) is 24.3 Å². The number of halogens is 2. The van der Waals surface area contributed by atoms with E-state index in [1.807, 2.05) is 6.92 Å². The summed E-state index contributed by atoms with van der Waals surface area (Å²) in [7, 11) is 0. The minimum absolute atomic E-state index is 0.0913. The van der Waals surface area contributed by atoms with Crippen LogP contribution >= 0.6 is 0 Å². The summed E-state index contributed by atoms with van der Waals surface area (Å²) in [5.41, 5.74) is 2.15. The van der Waals surface area contributed by atoms with Gasteiger partial charge in [-0.15, -0.1) is 0 Å². The molecule has 0 heterocycles. The average Bonchev–Trinajstić information content (AvgIpc) is 2.38. The Morgan fingerprint density at radius 2 is 1.67 bits per heavy atom. The lowest BCUT2D eigenvalue weighted by atomic mass is 9.99. The molecule has 2 rings (SSSR count). The zero-order valence-corrected chi connectivity index (χ0v) is 12.4. The van der Waals surface area contributed by atoms with Crippen molar-refractivity contribution in [2.75, 3.05) is 0 Å². The highest BCUT2D eigenvalue weighted by Gasteiger charge is 2.15. The molecule has 0 aromatic heterocycles. The van der Waals surface area contributed by atoms with Gasteiger partial charge in [-0.3, -0.25) is 4.79 Å². The minimum atomic E-state index is -0.610. The molecule has 0 aliphatic carbocycles. The number of hydrogen-bond acceptors (Lipinski definition) is 2. The summed E-state index contributed by atoms with van der Waals surface area (Å²) < 4.78 is 32.8. The second-order valence-corrected chi connectivity index (χ2v) is 5.07. The van der Waals surface area contributed by atoms with Gasteiger partial charge >= 0.3 is 0 Å². The first-order valence-electron chi connectivity index (χ1n) is 6.56. The summed E-state index contributed by atoms with van der Waals surface area (Å²) in [5, 5.41) is 0. The SMILES string of the molecule is CC(=O)c1c(C)ccc(Oc2cc(F)cc(C)c2F)c1C. The van der Waals surface area contributed by atoms with Crippen LogP contribution in [0.25, 0.3) is 0 Å². The molecular formula is C17H16F2O2. The number of rotatable bonds is 3. The van der Waals surface area contributed by atoms with Crippen LogP contribution in [0, 0.1) is 32.4 Å². The van der Waals surface area contributed by atoms with Crippen molar-refractivity contribution in [1.29, 1.82) is 0 Å². The van der Waals surface area contributed by atoms with Crippen molar-refractivity contribution in [2.45, 2.75) is 27.7 Å². The van der Waals surface area contributed by atoms with Crippen LogP contribution in [0.4, 0.5) is 8.78 Å². The van der Waals surface area contributed by atoms with Gasteiger partial charge in [0.05, 0.1) is 0 Å². The van der Waals surface area contributed by atoms with Crippen molar-refractivity contribution < 1.29 is 18.3 Å². The Morgan fingerprint density at radius 1 is 1.00 bits per heavy atom. The van der Waals surface area contributed by atoms with Gasteiger partial charge in [0.25, 0.3) is 0 Å². The molecule has 0 aliphatic heterocycles. The number of ketones is 1. The largest absolute Gasteiger partial charge is 0.454 e. The first kappa shape index (κ1) is 15.2. The summed E-state index contributed by atoms with van der Waals surface area (Å²) >= 11 is 0. The van der Waals surface area contributed by atoms with Gasteiger partial charge in [-0.25, -0.2) is 8.78 Å². The molecule has 2 aromatic carbocycles. The Bertz CT molecular complexity index is 721. The molecule has 0 spiro atoms. The van der Waals surface area contributed by atoms with Crippen LogP contribution in [-0.4, -0.2) is 5.78 Å². The van der Waals surface area contributed by atoms with Gasteiger partial charge in [0.2, 0.25) is 0 Å². The van der Waals surface area contributed by atoms with E-state index in [0.717, 1.165) is 17.7 Å². The van der Waals surface area contributed by atoms with Crippen LogP contribution in [0.5, 0.6) is 11.5 Å². The summed E-state index contributed by atoms with van der Waals surface area (Å²) in [4.78, 5) is 11.7. The fourth-order valence-corrected chi connectivity index (χ4v) is 2.37. The number of carbonyl (C=O) groups is 1. The van der Waals surface area contributed by atoms with Crippen LogP contribution < -0.4 is 4.74 Å². The maximum Gasteiger partial charge on any atom is 0.168 e. The zero-order chi connectivity index (χ0) is 15.7. The average molecular weight is 290 g/mol. The zero-order valence-electron chi connectivity index (χ0n) is 12.4. The van der Waals surface area contributed by atoms with Crippen molar-refractivity contribution in [2.24, 2.45) is 0 Å². The third-order valence-electron chi connectivity index (χ3n) is 3.38. The fraction of sp³-hybridized carbons (Fsp3) is 0.235. The predicted molar refractivity (Wildman–Crippen MR) is 77.1 cm³/mol. The van der Waals surface area contributed by atoms with Gasteiger partial charge in [0, 0.05) is 17.2 Å². The smallest absolute Gasteiger partial charge is 0.168 e. The van der Waals surface area contributed by atoms with Gasteiger partial charge < -0.3 is 4.74 Å². The highest BCUT2D eigenvalue weighted by Crippen LogP contribution is 2.32. The molecule has 0 atom stereocenters. The maximum atomic E-state index is 14.0. The number of carbonyl (C=O) groups excluding carboxylic acids is 1. The molecule has 0 N–H and O–H groups in total. The van der Waals surface area contributed by atoms with E-state index in [1.165, 1.54) is 13.8 Å². The van der Waals surface area contributed by atoms with Crippen LogP contribution in [-0.2, 0) is 0 Å². The van der Waals surface area contributed by atoms with E-state index >= 15 is 0 Å². The van der Waals surface area contributed by atoms with E-state index in [9.17, 15) is 13.6 Å². The molecule has 2 nitrogen and oxygen atoms in total. The second kappa shape index (κ2) is 5.64. The van der Waals surface area contributed by atoms with Crippen molar-refractivity contribution in [3.63, 3.8) is 0 Å². The molecular weight excluding hydrogens is 274 g/mol. The Hall–Kier alpha value is -2.23. The molecule has 21 heavy (non-hydrogen) atoms. The van der Waals surface area contributed by atoms with Crippen LogP contribution in [0.1, 0.15) is 34.0 Å². The number of Topliss-reactive ketones (excluding diaryl/α,β-unsaturated/α-hetero) is 1. The summed E-state index contributed by atoms with van der Waals surface area (Å²) in [6.07, 6.45) is 0. The van der Waals surface area contributed by atoms with Crippen molar-refractivity contribution in [1.82, 2.24) is 0 Å². The topological polar surface area (TPSA) is 26.3 Å². The molecule has 0 radical (unpaired) electrons. The Labute approximate surface area is 122 Å². The number of aryl methyl sites for hydroxylation is 2. The van der Waals surface area contributed by atoms with E-state index in [4.69, 9.17) is 4.74 Å². The molecule has 0 aliphatic rings. The minimum Gasteiger partial charge on any atom is -0.454 e. The molecule has 0 saturated heterocycles. The first-order chi connectivity index (χ1) is 9.81. The molecule has 4 heteroatoms. The third kappa shape index (κ3) is 2.94. The normalized spacial score (nSPS) is 10.6. The van der Waals surface area contributed by atoms with E-state index in [0.29, 0.717) is 16.9 Å². The monoisotopic (exact) mass is 290 g/mol. The Balaban J connectivity index is 2.51. The highest BCUT2D eigenvalue weighted by molar-refractivity contribution is 5.97. The fourth-order valence-electron chi connectivity index (χ4n) is 2.37. The quantitative estimate of drug-likeness (QED) is 0.753. The number of benzene rings is 2. The molecule has 0 fully saturated rings. The van der Waals surface area contributed by atoms with Crippen molar-refractivity contribution in [3.05, 3.63) is 58.2 Å². The van der Waals surface area contributed by atoms with Crippen molar-refractivity contribution in [3.8, 4) is 11.5 Å².